The van der Waals surface area contributed by atoms with Crippen LogP contribution in [0.15, 0.2) is 10.2 Å². The van der Waals surface area contributed by atoms with Crippen LogP contribution in [0.2, 0.25) is 0 Å². The second-order valence-corrected chi connectivity index (χ2v) is 3.25. The highest BCUT2D eigenvalue weighted by Crippen LogP contribution is 2.41. The van der Waals surface area contributed by atoms with Crippen LogP contribution in [0.5, 0.6) is 0 Å². The second-order valence-electron chi connectivity index (χ2n) is 3.25. The van der Waals surface area contributed by atoms with E-state index < -0.39 is 0 Å². The van der Waals surface area contributed by atoms with Crippen molar-refractivity contribution in [1.82, 2.24) is 5.32 Å². The molecule has 0 saturated heterocycles. The predicted molar refractivity (Wildman–Crippen MR) is 46.2 cm³/mol. The fourth-order valence-electron chi connectivity index (χ4n) is 1.64. The van der Waals surface area contributed by atoms with Gasteiger partial charge in [0.05, 0.1) is 0 Å². The molecule has 0 atom stereocenters. The highest BCUT2D eigenvalue weighted by molar-refractivity contribution is 5.85. The Labute approximate surface area is 73.1 Å². The van der Waals surface area contributed by atoms with E-state index in [9.17, 15) is 0 Å². The maximum absolute atomic E-state index is 4.06. The van der Waals surface area contributed by atoms with Crippen LogP contribution in [-0.4, -0.2) is 18.8 Å². The van der Waals surface area contributed by atoms with Gasteiger partial charge >= 0.3 is 0 Å². The van der Waals surface area contributed by atoms with Crippen LogP contribution in [-0.2, 0) is 0 Å². The molecule has 1 saturated carbocycles. The van der Waals surface area contributed by atoms with Gasteiger partial charge in [-0.25, -0.2) is 0 Å². The molecule has 1 aliphatic heterocycles. The quantitative estimate of drug-likeness (QED) is 0.648. The fourth-order valence-corrected chi connectivity index (χ4v) is 1.64. The molecule has 0 bridgehead atoms. The summed E-state index contributed by atoms with van der Waals surface area (Å²) in [5.74, 6) is 0. The smallest absolute Gasteiger partial charge is 0.191 e. The molecular weight excluding hydrogens is 162 g/mol. The first-order valence-corrected chi connectivity index (χ1v) is 3.96. The lowest BCUT2D eigenvalue weighted by Gasteiger charge is -2.24. The number of hydrogen-bond acceptors (Lipinski definition) is 3. The van der Waals surface area contributed by atoms with Gasteiger partial charge in [-0.05, 0) is 32.7 Å². The fraction of sp³-hybridized carbons (Fsp3) is 1.00. The van der Waals surface area contributed by atoms with Crippen LogP contribution < -0.4 is 5.32 Å². The summed E-state index contributed by atoms with van der Waals surface area (Å²) in [5, 5.41) is 11.4. The van der Waals surface area contributed by atoms with E-state index in [1.165, 1.54) is 25.7 Å². The molecule has 1 spiro atoms. The van der Waals surface area contributed by atoms with Crippen molar-refractivity contribution in [3.05, 3.63) is 0 Å². The van der Waals surface area contributed by atoms with Crippen LogP contribution in [0, 0.1) is 0 Å². The Morgan fingerprint density at radius 2 is 1.82 bits per heavy atom. The normalized spacial score (nSPS) is 26.6. The number of hydrogen-bond donors (Lipinski definition) is 1. The van der Waals surface area contributed by atoms with Crippen LogP contribution in [0.4, 0.5) is 0 Å². The van der Waals surface area contributed by atoms with Gasteiger partial charge in [0, 0.05) is 6.04 Å². The third-order valence-electron chi connectivity index (χ3n) is 2.58. The van der Waals surface area contributed by atoms with E-state index in [0.29, 0.717) is 0 Å². The molecular formula is C7H14ClN3. The van der Waals surface area contributed by atoms with Crippen LogP contribution in [0.1, 0.15) is 25.7 Å². The molecule has 4 heteroatoms. The van der Waals surface area contributed by atoms with Gasteiger partial charge in [0.2, 0.25) is 0 Å². The summed E-state index contributed by atoms with van der Waals surface area (Å²) in [6, 6.07) is 0.719. The molecule has 0 amide bonds. The molecule has 0 radical (unpaired) electrons. The Bertz CT molecular complexity index is 153. The Morgan fingerprint density at radius 1 is 1.27 bits per heavy atom. The molecule has 2 aliphatic rings. The minimum Gasteiger partial charge on any atom is -0.317 e. The molecule has 1 N–H and O–H groups in total. The minimum absolute atomic E-state index is 0. The van der Waals surface area contributed by atoms with E-state index in [-0.39, 0.29) is 18.1 Å². The third-order valence-corrected chi connectivity index (χ3v) is 2.58. The molecule has 1 fully saturated rings. The molecule has 0 aromatic carbocycles. The molecule has 1 heterocycles. The van der Waals surface area contributed by atoms with E-state index in [0.717, 1.165) is 6.04 Å². The van der Waals surface area contributed by atoms with Crippen molar-refractivity contribution in [2.75, 3.05) is 7.05 Å². The van der Waals surface area contributed by atoms with Gasteiger partial charge in [-0.3, -0.25) is 0 Å². The zero-order valence-electron chi connectivity index (χ0n) is 6.71. The number of rotatable bonds is 1. The van der Waals surface area contributed by atoms with Crippen molar-refractivity contribution in [3.8, 4) is 0 Å². The first-order chi connectivity index (χ1) is 4.85. The molecule has 3 nitrogen and oxygen atoms in total. The van der Waals surface area contributed by atoms with E-state index in [4.69, 9.17) is 0 Å². The summed E-state index contributed by atoms with van der Waals surface area (Å²) in [6.07, 6.45) is 4.81. The van der Waals surface area contributed by atoms with Crippen molar-refractivity contribution >= 4 is 12.4 Å². The standard InChI is InChI=1S/C7H13N3.ClH/c1-8-6-2-4-7(5-3-6)9-10-7;/h6,8H,2-5H2,1H3;1H. The lowest BCUT2D eigenvalue weighted by molar-refractivity contribution is 0.328. The molecule has 1 aliphatic carbocycles. The zero-order chi connectivity index (χ0) is 7.03. The molecule has 0 unspecified atom stereocenters. The van der Waals surface area contributed by atoms with Gasteiger partial charge < -0.3 is 5.32 Å². The molecule has 2 rings (SSSR count). The third kappa shape index (κ3) is 1.71. The van der Waals surface area contributed by atoms with E-state index in [2.05, 4.69) is 15.5 Å². The predicted octanol–water partition coefficient (Wildman–Crippen LogP) is 1.73. The largest absolute Gasteiger partial charge is 0.317 e. The van der Waals surface area contributed by atoms with Gasteiger partial charge in [0.1, 0.15) is 0 Å². The highest BCUT2D eigenvalue weighted by Gasteiger charge is 2.42. The minimum atomic E-state index is 0. The Morgan fingerprint density at radius 3 is 2.18 bits per heavy atom. The van der Waals surface area contributed by atoms with Gasteiger partial charge in [-0.1, -0.05) is 0 Å². The average molecular weight is 176 g/mol. The summed E-state index contributed by atoms with van der Waals surface area (Å²) in [5.41, 5.74) is 0.118. The van der Waals surface area contributed by atoms with Crippen molar-refractivity contribution in [3.63, 3.8) is 0 Å². The van der Waals surface area contributed by atoms with Crippen LogP contribution in [0.25, 0.3) is 0 Å². The van der Waals surface area contributed by atoms with Gasteiger partial charge in [-0.2, -0.15) is 10.2 Å². The lowest BCUT2D eigenvalue weighted by atomic mass is 9.89. The highest BCUT2D eigenvalue weighted by atomic mass is 35.5. The SMILES string of the molecule is CNC1CCC2(CC1)N=N2.Cl. The number of halogens is 1. The van der Waals surface area contributed by atoms with Crippen molar-refractivity contribution < 1.29 is 0 Å². The van der Waals surface area contributed by atoms with Crippen molar-refractivity contribution in [2.24, 2.45) is 10.2 Å². The molecule has 0 aromatic rings. The topological polar surface area (TPSA) is 36.8 Å². The molecule has 11 heavy (non-hydrogen) atoms. The van der Waals surface area contributed by atoms with Crippen molar-refractivity contribution in [1.29, 1.82) is 0 Å². The average Bonchev–Trinajstić information content (AvgIpc) is 2.72. The molecule has 64 valence electrons. The van der Waals surface area contributed by atoms with Gasteiger partial charge in [-0.15, -0.1) is 12.4 Å². The van der Waals surface area contributed by atoms with Crippen molar-refractivity contribution in [2.45, 2.75) is 37.4 Å². The number of nitrogens with one attached hydrogen (secondary N) is 1. The Hall–Kier alpha value is -0.150. The van der Waals surface area contributed by atoms with E-state index in [1.807, 2.05) is 7.05 Å². The van der Waals surface area contributed by atoms with E-state index in [1.54, 1.807) is 0 Å². The Balaban J connectivity index is 0.000000605. The van der Waals surface area contributed by atoms with E-state index >= 15 is 0 Å². The van der Waals surface area contributed by atoms with Crippen LogP contribution in [0.3, 0.4) is 0 Å². The Kier molecular flexibility index (Phi) is 2.50. The summed E-state index contributed by atoms with van der Waals surface area (Å²) >= 11 is 0. The summed E-state index contributed by atoms with van der Waals surface area (Å²) in [4.78, 5) is 0. The first kappa shape index (κ1) is 8.94. The van der Waals surface area contributed by atoms with Gasteiger partial charge in [0.25, 0.3) is 0 Å². The summed E-state index contributed by atoms with van der Waals surface area (Å²) in [7, 11) is 2.03. The number of nitrogens with zero attached hydrogens (tertiary/aromatic N) is 2. The summed E-state index contributed by atoms with van der Waals surface area (Å²) in [6.45, 7) is 0. The molecule has 0 aromatic heterocycles. The maximum atomic E-state index is 4.06. The summed E-state index contributed by atoms with van der Waals surface area (Å²) < 4.78 is 0. The van der Waals surface area contributed by atoms with Crippen LogP contribution >= 0.6 is 12.4 Å². The lowest BCUT2D eigenvalue weighted by Crippen LogP contribution is -2.33. The second kappa shape index (κ2) is 3.07. The maximum Gasteiger partial charge on any atom is 0.191 e. The zero-order valence-corrected chi connectivity index (χ0v) is 7.52. The monoisotopic (exact) mass is 175 g/mol. The first-order valence-electron chi connectivity index (χ1n) is 3.96. The van der Waals surface area contributed by atoms with Gasteiger partial charge in [0.15, 0.2) is 5.66 Å².